The van der Waals surface area contributed by atoms with E-state index in [-0.39, 0.29) is 0 Å². The summed E-state index contributed by atoms with van der Waals surface area (Å²) < 4.78 is 5.29. The fourth-order valence-electron chi connectivity index (χ4n) is 2.49. The van der Waals surface area contributed by atoms with Gasteiger partial charge in [-0.25, -0.2) is 0 Å². The molecule has 3 heteroatoms. The van der Waals surface area contributed by atoms with E-state index in [2.05, 4.69) is 47.5 Å². The molecule has 1 heterocycles. The summed E-state index contributed by atoms with van der Waals surface area (Å²) in [6.45, 7) is 5.70. The van der Waals surface area contributed by atoms with Crippen LogP contribution in [0.4, 0.5) is 0 Å². The fourth-order valence-corrected chi connectivity index (χ4v) is 3.19. The molecular weight excluding hydrogens is 278 g/mol. The first kappa shape index (κ1) is 16.1. The maximum Gasteiger partial charge on any atom is 0.119 e. The second-order valence-corrected chi connectivity index (χ2v) is 6.30. The highest BCUT2D eigenvalue weighted by atomic mass is 32.1. The van der Waals surface area contributed by atoms with E-state index in [1.165, 1.54) is 23.4 Å². The molecule has 0 bridgehead atoms. The van der Waals surface area contributed by atoms with Gasteiger partial charge in [-0.05, 0) is 54.9 Å². The second kappa shape index (κ2) is 8.85. The normalized spacial score (nSPS) is 11.0. The van der Waals surface area contributed by atoms with Crippen molar-refractivity contribution < 1.29 is 4.74 Å². The lowest BCUT2D eigenvalue weighted by Gasteiger charge is -2.21. The number of nitrogens with zero attached hydrogens (tertiary/aromatic N) is 1. The predicted octanol–water partition coefficient (Wildman–Crippen LogP) is 4.25. The first-order valence-corrected chi connectivity index (χ1v) is 8.57. The van der Waals surface area contributed by atoms with E-state index in [9.17, 15) is 0 Å². The molecule has 2 aromatic rings. The predicted molar refractivity (Wildman–Crippen MR) is 91.5 cm³/mol. The van der Waals surface area contributed by atoms with E-state index in [1.54, 1.807) is 7.11 Å². The molecule has 0 saturated heterocycles. The Hall–Kier alpha value is -1.32. The van der Waals surface area contributed by atoms with Gasteiger partial charge in [-0.15, -0.1) is 11.3 Å². The number of hydrogen-bond donors (Lipinski definition) is 0. The quantitative estimate of drug-likeness (QED) is 0.686. The van der Waals surface area contributed by atoms with E-state index in [0.29, 0.717) is 0 Å². The largest absolute Gasteiger partial charge is 0.497 e. The van der Waals surface area contributed by atoms with Crippen LogP contribution in [0.1, 0.15) is 23.8 Å². The van der Waals surface area contributed by atoms with Gasteiger partial charge in [0.15, 0.2) is 0 Å². The molecule has 0 spiro atoms. The number of rotatable bonds is 9. The highest BCUT2D eigenvalue weighted by Gasteiger charge is 2.06. The van der Waals surface area contributed by atoms with Crippen molar-refractivity contribution in [2.24, 2.45) is 0 Å². The van der Waals surface area contributed by atoms with E-state index < -0.39 is 0 Å². The van der Waals surface area contributed by atoms with E-state index >= 15 is 0 Å². The summed E-state index contributed by atoms with van der Waals surface area (Å²) in [6.07, 6.45) is 3.46. The summed E-state index contributed by atoms with van der Waals surface area (Å²) in [6, 6.07) is 12.8. The molecular formula is C18H25NOS. The zero-order chi connectivity index (χ0) is 14.9. The minimum atomic E-state index is 0.952. The van der Waals surface area contributed by atoms with Gasteiger partial charge in [-0.1, -0.05) is 25.1 Å². The molecule has 2 nitrogen and oxygen atoms in total. The van der Waals surface area contributed by atoms with Crippen molar-refractivity contribution in [2.45, 2.75) is 26.2 Å². The van der Waals surface area contributed by atoms with Crippen molar-refractivity contribution in [1.29, 1.82) is 0 Å². The van der Waals surface area contributed by atoms with Crippen LogP contribution < -0.4 is 4.74 Å². The van der Waals surface area contributed by atoms with Crippen molar-refractivity contribution in [2.75, 3.05) is 26.7 Å². The molecule has 0 radical (unpaired) electrons. The molecule has 0 atom stereocenters. The van der Waals surface area contributed by atoms with Crippen LogP contribution >= 0.6 is 11.3 Å². The monoisotopic (exact) mass is 303 g/mol. The number of thiophene rings is 1. The van der Waals surface area contributed by atoms with Crippen LogP contribution in [-0.4, -0.2) is 31.6 Å². The van der Waals surface area contributed by atoms with Gasteiger partial charge in [0.2, 0.25) is 0 Å². The minimum absolute atomic E-state index is 0.952. The second-order valence-electron chi connectivity index (χ2n) is 5.27. The molecule has 0 saturated carbocycles. The summed E-state index contributed by atoms with van der Waals surface area (Å²) >= 11 is 1.86. The van der Waals surface area contributed by atoms with Crippen molar-refractivity contribution in [3.05, 3.63) is 52.2 Å². The summed E-state index contributed by atoms with van der Waals surface area (Å²) in [4.78, 5) is 4.05. The Labute approximate surface area is 132 Å². The van der Waals surface area contributed by atoms with Gasteiger partial charge in [0.05, 0.1) is 7.11 Å². The highest BCUT2D eigenvalue weighted by molar-refractivity contribution is 7.09. The van der Waals surface area contributed by atoms with Gasteiger partial charge in [-0.3, -0.25) is 0 Å². The third kappa shape index (κ3) is 5.52. The molecule has 0 unspecified atom stereocenters. The van der Waals surface area contributed by atoms with E-state index in [1.807, 2.05) is 17.4 Å². The van der Waals surface area contributed by atoms with Gasteiger partial charge in [-0.2, -0.15) is 0 Å². The summed E-state index contributed by atoms with van der Waals surface area (Å²) in [7, 11) is 1.73. The van der Waals surface area contributed by atoms with Gasteiger partial charge in [0, 0.05) is 18.0 Å². The molecule has 0 amide bonds. The zero-order valence-electron chi connectivity index (χ0n) is 13.0. The minimum Gasteiger partial charge on any atom is -0.497 e. The molecule has 0 aliphatic carbocycles. The van der Waals surface area contributed by atoms with Gasteiger partial charge in [0.1, 0.15) is 5.75 Å². The average Bonchev–Trinajstić information content (AvgIpc) is 3.03. The maximum atomic E-state index is 5.29. The number of ether oxygens (including phenoxy) is 1. The van der Waals surface area contributed by atoms with Crippen molar-refractivity contribution in [3.63, 3.8) is 0 Å². The van der Waals surface area contributed by atoms with Crippen molar-refractivity contribution in [3.8, 4) is 5.75 Å². The first-order valence-electron chi connectivity index (χ1n) is 7.69. The lowest BCUT2D eigenvalue weighted by molar-refractivity contribution is 0.281. The molecule has 1 aromatic heterocycles. The Morgan fingerprint density at radius 1 is 1.05 bits per heavy atom. The first-order chi connectivity index (χ1) is 10.3. The lowest BCUT2D eigenvalue weighted by Crippen LogP contribution is -2.29. The maximum absolute atomic E-state index is 5.29. The highest BCUT2D eigenvalue weighted by Crippen LogP contribution is 2.14. The Morgan fingerprint density at radius 2 is 1.90 bits per heavy atom. The Bertz CT molecular complexity index is 510. The molecule has 1 aromatic carbocycles. The molecule has 0 N–H and O–H groups in total. The standard InChI is InChI=1S/C18H25NOS/c1-3-11-19(13-10-18-8-5-14-21-18)12-9-16-6-4-7-17(15-16)20-2/h4-8,14-15H,3,9-13H2,1-2H3. The van der Waals surface area contributed by atoms with Crippen LogP contribution in [-0.2, 0) is 12.8 Å². The average molecular weight is 303 g/mol. The third-order valence-corrected chi connectivity index (χ3v) is 4.58. The topological polar surface area (TPSA) is 12.5 Å². The zero-order valence-corrected chi connectivity index (χ0v) is 13.9. The van der Waals surface area contributed by atoms with Crippen LogP contribution in [0.3, 0.4) is 0 Å². The SMILES string of the molecule is CCCN(CCc1cccc(OC)c1)CCc1cccs1. The van der Waals surface area contributed by atoms with Gasteiger partial charge in [0.25, 0.3) is 0 Å². The Balaban J connectivity index is 1.83. The summed E-state index contributed by atoms with van der Waals surface area (Å²) in [5, 5.41) is 2.16. The molecule has 114 valence electrons. The number of benzene rings is 1. The number of hydrogen-bond acceptors (Lipinski definition) is 3. The van der Waals surface area contributed by atoms with Crippen molar-refractivity contribution in [1.82, 2.24) is 4.90 Å². The molecule has 0 aliphatic heterocycles. The third-order valence-electron chi connectivity index (χ3n) is 3.65. The lowest BCUT2D eigenvalue weighted by atomic mass is 10.1. The Morgan fingerprint density at radius 3 is 2.62 bits per heavy atom. The smallest absolute Gasteiger partial charge is 0.119 e. The summed E-state index contributed by atoms with van der Waals surface area (Å²) in [5.41, 5.74) is 1.35. The molecule has 0 aliphatic rings. The summed E-state index contributed by atoms with van der Waals surface area (Å²) in [5.74, 6) is 0.952. The van der Waals surface area contributed by atoms with E-state index in [0.717, 1.165) is 31.7 Å². The van der Waals surface area contributed by atoms with Crippen LogP contribution in [0, 0.1) is 0 Å². The molecule has 21 heavy (non-hydrogen) atoms. The van der Waals surface area contributed by atoms with E-state index in [4.69, 9.17) is 4.74 Å². The van der Waals surface area contributed by atoms with Crippen molar-refractivity contribution >= 4 is 11.3 Å². The fraction of sp³-hybridized carbons (Fsp3) is 0.444. The Kier molecular flexibility index (Phi) is 6.77. The van der Waals surface area contributed by atoms with Crippen LogP contribution in [0.15, 0.2) is 41.8 Å². The van der Waals surface area contributed by atoms with Crippen LogP contribution in [0.5, 0.6) is 5.75 Å². The van der Waals surface area contributed by atoms with Gasteiger partial charge < -0.3 is 9.64 Å². The molecule has 0 fully saturated rings. The van der Waals surface area contributed by atoms with Crippen LogP contribution in [0.25, 0.3) is 0 Å². The molecule has 2 rings (SSSR count). The number of methoxy groups -OCH3 is 1. The van der Waals surface area contributed by atoms with Gasteiger partial charge >= 0.3 is 0 Å². The van der Waals surface area contributed by atoms with Crippen LogP contribution in [0.2, 0.25) is 0 Å².